The molecule has 20 heavy (non-hydrogen) atoms. The first kappa shape index (κ1) is 16.3. The lowest BCUT2D eigenvalue weighted by Gasteiger charge is -2.17. The van der Waals surface area contributed by atoms with Gasteiger partial charge in [-0.3, -0.25) is 0 Å². The van der Waals surface area contributed by atoms with Crippen LogP contribution in [0.3, 0.4) is 0 Å². The molecule has 5 nitrogen and oxygen atoms in total. The summed E-state index contributed by atoms with van der Waals surface area (Å²) in [6, 6.07) is 3.88. The fourth-order valence-corrected chi connectivity index (χ4v) is 2.12. The Labute approximate surface area is 123 Å². The van der Waals surface area contributed by atoms with Gasteiger partial charge in [-0.05, 0) is 37.5 Å². The van der Waals surface area contributed by atoms with Crippen LogP contribution in [0.1, 0.15) is 37.6 Å². The van der Waals surface area contributed by atoms with Crippen molar-refractivity contribution in [3.63, 3.8) is 0 Å². The van der Waals surface area contributed by atoms with E-state index in [4.69, 9.17) is 16.7 Å². The van der Waals surface area contributed by atoms with E-state index < -0.39 is 12.0 Å². The van der Waals surface area contributed by atoms with E-state index in [1.54, 1.807) is 0 Å². The number of urea groups is 1. The number of benzene rings is 1. The van der Waals surface area contributed by atoms with Gasteiger partial charge in [0.1, 0.15) is 0 Å². The zero-order valence-electron chi connectivity index (χ0n) is 11.7. The number of hydrogen-bond donors (Lipinski definition) is 3. The van der Waals surface area contributed by atoms with Crippen LogP contribution >= 0.6 is 11.6 Å². The maximum atomic E-state index is 11.8. The van der Waals surface area contributed by atoms with E-state index in [1.165, 1.54) is 18.2 Å². The predicted octanol–water partition coefficient (Wildman–Crippen LogP) is 3.59. The van der Waals surface area contributed by atoms with Crippen molar-refractivity contribution in [3.05, 3.63) is 28.8 Å². The Hall–Kier alpha value is -1.75. The van der Waals surface area contributed by atoms with Crippen LogP contribution in [0.5, 0.6) is 0 Å². The Bertz CT molecular complexity index is 503. The molecule has 2 amide bonds. The Kier molecular flexibility index (Phi) is 5.82. The highest BCUT2D eigenvalue weighted by atomic mass is 35.5. The molecule has 0 spiro atoms. The number of rotatable bonds is 5. The number of amides is 2. The van der Waals surface area contributed by atoms with Crippen molar-refractivity contribution in [3.8, 4) is 0 Å². The molecule has 3 N–H and O–H groups in total. The zero-order valence-corrected chi connectivity index (χ0v) is 12.5. The third-order valence-corrected chi connectivity index (χ3v) is 2.90. The molecule has 0 bridgehead atoms. The summed E-state index contributed by atoms with van der Waals surface area (Å²) in [5, 5.41) is 14.7. The van der Waals surface area contributed by atoms with Crippen LogP contribution in [0.15, 0.2) is 18.2 Å². The first-order valence-electron chi connectivity index (χ1n) is 6.40. The number of aromatic carboxylic acids is 1. The SMILES string of the molecule is CC(C)CC(C)NC(=O)Nc1ccc(Cl)cc1C(=O)O. The van der Waals surface area contributed by atoms with E-state index >= 15 is 0 Å². The summed E-state index contributed by atoms with van der Waals surface area (Å²) >= 11 is 5.75. The summed E-state index contributed by atoms with van der Waals surface area (Å²) in [7, 11) is 0. The van der Waals surface area contributed by atoms with E-state index in [0.717, 1.165) is 6.42 Å². The van der Waals surface area contributed by atoms with Crippen LogP contribution in [-0.2, 0) is 0 Å². The largest absolute Gasteiger partial charge is 0.478 e. The molecule has 1 unspecified atom stereocenters. The number of halogens is 1. The van der Waals surface area contributed by atoms with Crippen LogP contribution in [0.4, 0.5) is 10.5 Å². The van der Waals surface area contributed by atoms with E-state index in [0.29, 0.717) is 10.9 Å². The summed E-state index contributed by atoms with van der Waals surface area (Å²) in [6.07, 6.45) is 0.847. The predicted molar refractivity (Wildman–Crippen MR) is 79.5 cm³/mol. The molecule has 1 rings (SSSR count). The fraction of sp³-hybridized carbons (Fsp3) is 0.429. The first-order valence-corrected chi connectivity index (χ1v) is 6.77. The van der Waals surface area contributed by atoms with Crippen molar-refractivity contribution in [2.24, 2.45) is 5.92 Å². The van der Waals surface area contributed by atoms with E-state index in [-0.39, 0.29) is 17.3 Å². The van der Waals surface area contributed by atoms with Gasteiger partial charge in [0, 0.05) is 11.1 Å². The molecule has 6 heteroatoms. The molecule has 1 aromatic carbocycles. The summed E-state index contributed by atoms with van der Waals surface area (Å²) in [5.41, 5.74) is 0.181. The van der Waals surface area contributed by atoms with E-state index in [2.05, 4.69) is 24.5 Å². The fourth-order valence-electron chi connectivity index (χ4n) is 1.95. The van der Waals surface area contributed by atoms with Gasteiger partial charge in [-0.15, -0.1) is 0 Å². The number of carbonyl (C=O) groups excluding carboxylic acids is 1. The van der Waals surface area contributed by atoms with Gasteiger partial charge in [-0.25, -0.2) is 9.59 Å². The number of carboxylic acids is 1. The van der Waals surface area contributed by atoms with Crippen LogP contribution in [0, 0.1) is 5.92 Å². The molecule has 0 aromatic heterocycles. The van der Waals surface area contributed by atoms with Crippen molar-refractivity contribution in [1.82, 2.24) is 5.32 Å². The summed E-state index contributed by atoms with van der Waals surface area (Å²) in [6.45, 7) is 6.04. The molecule has 1 aromatic rings. The first-order chi connectivity index (χ1) is 9.29. The van der Waals surface area contributed by atoms with Crippen LogP contribution in [-0.4, -0.2) is 23.1 Å². The molecular formula is C14H19ClN2O3. The van der Waals surface area contributed by atoms with Gasteiger partial charge in [-0.1, -0.05) is 25.4 Å². The molecule has 0 aliphatic heterocycles. The summed E-state index contributed by atoms with van der Waals surface area (Å²) in [4.78, 5) is 22.9. The minimum absolute atomic E-state index is 0.00979. The molecule has 1 atom stereocenters. The highest BCUT2D eigenvalue weighted by molar-refractivity contribution is 6.31. The van der Waals surface area contributed by atoms with Gasteiger partial charge in [0.25, 0.3) is 0 Å². The summed E-state index contributed by atoms with van der Waals surface area (Å²) in [5.74, 6) is -0.673. The Morgan fingerprint density at radius 2 is 1.95 bits per heavy atom. The van der Waals surface area contributed by atoms with Crippen molar-refractivity contribution in [1.29, 1.82) is 0 Å². The van der Waals surface area contributed by atoms with Crippen molar-refractivity contribution in [2.75, 3.05) is 5.32 Å². The molecule has 110 valence electrons. The smallest absolute Gasteiger partial charge is 0.337 e. The average molecular weight is 299 g/mol. The summed E-state index contributed by atoms with van der Waals surface area (Å²) < 4.78 is 0. The molecule has 0 aliphatic carbocycles. The molecule has 0 saturated carbocycles. The molecule has 0 saturated heterocycles. The Morgan fingerprint density at radius 1 is 1.30 bits per heavy atom. The van der Waals surface area contributed by atoms with Gasteiger partial charge in [0.15, 0.2) is 0 Å². The normalized spacial score (nSPS) is 12.1. The molecule has 0 radical (unpaired) electrons. The Balaban J connectivity index is 2.73. The maximum Gasteiger partial charge on any atom is 0.337 e. The second-order valence-electron chi connectivity index (χ2n) is 5.12. The Morgan fingerprint density at radius 3 is 2.50 bits per heavy atom. The average Bonchev–Trinajstić information content (AvgIpc) is 2.29. The van der Waals surface area contributed by atoms with Gasteiger partial charge in [0.2, 0.25) is 0 Å². The van der Waals surface area contributed by atoms with Gasteiger partial charge in [-0.2, -0.15) is 0 Å². The lowest BCUT2D eigenvalue weighted by atomic mass is 10.1. The van der Waals surface area contributed by atoms with Gasteiger partial charge < -0.3 is 15.7 Å². The van der Waals surface area contributed by atoms with Crippen LogP contribution in [0.25, 0.3) is 0 Å². The number of carbonyl (C=O) groups is 2. The van der Waals surface area contributed by atoms with Crippen molar-refractivity contribution < 1.29 is 14.7 Å². The minimum Gasteiger partial charge on any atom is -0.478 e. The van der Waals surface area contributed by atoms with Crippen molar-refractivity contribution in [2.45, 2.75) is 33.2 Å². The van der Waals surface area contributed by atoms with E-state index in [1.807, 2.05) is 6.92 Å². The monoisotopic (exact) mass is 298 g/mol. The minimum atomic E-state index is -1.14. The number of hydrogen-bond acceptors (Lipinski definition) is 2. The molecule has 0 aliphatic rings. The molecular weight excluding hydrogens is 280 g/mol. The standard InChI is InChI=1S/C14H19ClN2O3/c1-8(2)6-9(3)16-14(20)17-12-5-4-10(15)7-11(12)13(18)19/h4-5,7-9H,6H2,1-3H3,(H,18,19)(H2,16,17,20). The van der Waals surface area contributed by atoms with Gasteiger partial charge in [0.05, 0.1) is 11.3 Å². The second kappa shape index (κ2) is 7.14. The lowest BCUT2D eigenvalue weighted by Crippen LogP contribution is -2.37. The molecule has 0 fully saturated rings. The third kappa shape index (κ3) is 5.09. The van der Waals surface area contributed by atoms with Crippen LogP contribution < -0.4 is 10.6 Å². The lowest BCUT2D eigenvalue weighted by molar-refractivity contribution is 0.0698. The number of anilines is 1. The molecule has 0 heterocycles. The topological polar surface area (TPSA) is 78.4 Å². The number of carboxylic acid groups (broad SMARTS) is 1. The van der Waals surface area contributed by atoms with E-state index in [9.17, 15) is 9.59 Å². The van der Waals surface area contributed by atoms with Crippen LogP contribution in [0.2, 0.25) is 5.02 Å². The van der Waals surface area contributed by atoms with Crippen molar-refractivity contribution >= 4 is 29.3 Å². The second-order valence-corrected chi connectivity index (χ2v) is 5.56. The third-order valence-electron chi connectivity index (χ3n) is 2.66. The highest BCUT2D eigenvalue weighted by Crippen LogP contribution is 2.20. The quantitative estimate of drug-likeness (QED) is 0.777. The highest BCUT2D eigenvalue weighted by Gasteiger charge is 2.14. The maximum absolute atomic E-state index is 11.8. The zero-order chi connectivity index (χ0) is 15.3. The van der Waals surface area contributed by atoms with Gasteiger partial charge >= 0.3 is 12.0 Å². The number of nitrogens with one attached hydrogen (secondary N) is 2.